The molecule has 9 heavy (non-hydrogen) atoms. The smallest absolute Gasteiger partial charge is 0.0908 e. The highest BCUT2D eigenvalue weighted by Gasteiger charge is 2.24. The fourth-order valence-electron chi connectivity index (χ4n) is 0.398. The molecule has 0 bridgehead atoms. The molecule has 0 aromatic rings. The van der Waals surface area contributed by atoms with E-state index in [4.69, 9.17) is 5.11 Å². The van der Waals surface area contributed by atoms with E-state index in [0.717, 1.165) is 0 Å². The summed E-state index contributed by atoms with van der Waals surface area (Å²) in [4.78, 5) is 0. The topological polar surface area (TPSA) is 40.5 Å². The van der Waals surface area contributed by atoms with E-state index in [0.29, 0.717) is 0 Å². The minimum Gasteiger partial charge on any atom is -0.393 e. The molecule has 0 spiro atoms. The van der Waals surface area contributed by atoms with Crippen molar-refractivity contribution in [1.82, 2.24) is 0 Å². The van der Waals surface area contributed by atoms with Gasteiger partial charge in [-0.15, -0.1) is 6.58 Å². The highest BCUT2D eigenvalue weighted by Crippen LogP contribution is 2.15. The van der Waals surface area contributed by atoms with Crippen LogP contribution in [0.2, 0.25) is 0 Å². The molecule has 0 rings (SSSR count). The zero-order chi connectivity index (χ0) is 7.49. The molecule has 0 aliphatic rings. The van der Waals surface area contributed by atoms with Crippen molar-refractivity contribution in [2.45, 2.75) is 19.4 Å². The van der Waals surface area contributed by atoms with Crippen LogP contribution >= 0.6 is 0 Å². The number of aliphatic hydroxyl groups excluding tert-OH is 1. The minimum absolute atomic E-state index is 0.0671. The highest BCUT2D eigenvalue weighted by atomic mass is 16.3. The predicted molar refractivity (Wildman–Crippen MR) is 37.1 cm³/mol. The lowest BCUT2D eigenvalue weighted by Gasteiger charge is -2.24. The summed E-state index contributed by atoms with van der Waals surface area (Å²) in [6, 6.07) is 0. The summed E-state index contributed by atoms with van der Waals surface area (Å²) in [6.45, 7) is 6.67. The lowest BCUT2D eigenvalue weighted by atomic mass is 9.92. The Morgan fingerprint density at radius 2 is 2.22 bits per heavy atom. The molecule has 0 aromatic heterocycles. The van der Waals surface area contributed by atoms with E-state index in [2.05, 4.69) is 6.58 Å². The molecule has 2 N–H and O–H groups in total. The van der Waals surface area contributed by atoms with Crippen LogP contribution in [0.5, 0.6) is 0 Å². The third-order valence-electron chi connectivity index (χ3n) is 1.65. The third-order valence-corrected chi connectivity index (χ3v) is 1.65. The van der Waals surface area contributed by atoms with E-state index < -0.39 is 5.60 Å². The van der Waals surface area contributed by atoms with E-state index in [1.165, 1.54) is 0 Å². The van der Waals surface area contributed by atoms with Crippen molar-refractivity contribution >= 4 is 0 Å². The molecule has 0 fully saturated rings. The fourth-order valence-corrected chi connectivity index (χ4v) is 0.398. The maximum absolute atomic E-state index is 9.27. The largest absolute Gasteiger partial charge is 0.393 e. The second-order valence-electron chi connectivity index (χ2n) is 2.54. The van der Waals surface area contributed by atoms with Gasteiger partial charge >= 0.3 is 0 Å². The van der Waals surface area contributed by atoms with Crippen molar-refractivity contribution in [1.29, 1.82) is 0 Å². The SMILES string of the molecule is C=C[C@@H](C)[C@@](C)(O)CO. The van der Waals surface area contributed by atoms with Crippen LogP contribution in [0.1, 0.15) is 13.8 Å². The van der Waals surface area contributed by atoms with Gasteiger partial charge in [0, 0.05) is 5.92 Å². The lowest BCUT2D eigenvalue weighted by molar-refractivity contribution is -0.0263. The first kappa shape index (κ1) is 8.66. The summed E-state index contributed by atoms with van der Waals surface area (Å²) < 4.78 is 0. The first-order valence-corrected chi connectivity index (χ1v) is 3.00. The van der Waals surface area contributed by atoms with Gasteiger partial charge in [0.2, 0.25) is 0 Å². The van der Waals surface area contributed by atoms with Crippen LogP contribution < -0.4 is 0 Å². The van der Waals surface area contributed by atoms with Crippen LogP contribution in [0, 0.1) is 5.92 Å². The van der Waals surface area contributed by atoms with Crippen LogP contribution in [-0.4, -0.2) is 22.4 Å². The zero-order valence-corrected chi connectivity index (χ0v) is 5.96. The van der Waals surface area contributed by atoms with E-state index in [1.807, 2.05) is 6.92 Å². The average molecular weight is 130 g/mol. The van der Waals surface area contributed by atoms with Crippen LogP contribution in [0.15, 0.2) is 12.7 Å². The molecule has 54 valence electrons. The van der Waals surface area contributed by atoms with Crippen molar-refractivity contribution < 1.29 is 10.2 Å². The van der Waals surface area contributed by atoms with Crippen molar-refractivity contribution in [3.63, 3.8) is 0 Å². The van der Waals surface area contributed by atoms with E-state index >= 15 is 0 Å². The number of aliphatic hydroxyl groups is 2. The fraction of sp³-hybridized carbons (Fsp3) is 0.714. The summed E-state index contributed by atoms with van der Waals surface area (Å²) in [7, 11) is 0. The quantitative estimate of drug-likeness (QED) is 0.548. The molecular weight excluding hydrogens is 116 g/mol. The first-order valence-electron chi connectivity index (χ1n) is 3.00. The Morgan fingerprint density at radius 1 is 1.78 bits per heavy atom. The third kappa shape index (κ3) is 2.16. The summed E-state index contributed by atoms with van der Waals surface area (Å²) in [6.07, 6.45) is 1.62. The molecule has 0 saturated heterocycles. The summed E-state index contributed by atoms with van der Waals surface area (Å²) in [5.74, 6) is -0.0671. The zero-order valence-electron chi connectivity index (χ0n) is 5.96. The molecular formula is C7H14O2. The molecule has 0 unspecified atom stereocenters. The van der Waals surface area contributed by atoms with Gasteiger partial charge < -0.3 is 10.2 Å². The molecule has 0 heterocycles. The van der Waals surface area contributed by atoms with Gasteiger partial charge in [0.05, 0.1) is 12.2 Å². The molecule has 0 aromatic carbocycles. The van der Waals surface area contributed by atoms with Crippen molar-refractivity contribution in [3.8, 4) is 0 Å². The van der Waals surface area contributed by atoms with Gasteiger partial charge in [-0.2, -0.15) is 0 Å². The Balaban J connectivity index is 3.95. The molecule has 0 radical (unpaired) electrons. The Morgan fingerprint density at radius 3 is 2.33 bits per heavy atom. The maximum Gasteiger partial charge on any atom is 0.0908 e. The maximum atomic E-state index is 9.27. The second kappa shape index (κ2) is 2.99. The number of rotatable bonds is 3. The van der Waals surface area contributed by atoms with Crippen molar-refractivity contribution in [2.24, 2.45) is 5.92 Å². The molecule has 0 aliphatic carbocycles. The van der Waals surface area contributed by atoms with E-state index in [9.17, 15) is 5.11 Å². The van der Waals surface area contributed by atoms with Crippen molar-refractivity contribution in [2.75, 3.05) is 6.61 Å². The number of hydrogen-bond donors (Lipinski definition) is 2. The van der Waals surface area contributed by atoms with E-state index in [1.54, 1.807) is 13.0 Å². The van der Waals surface area contributed by atoms with Crippen LogP contribution in [0.4, 0.5) is 0 Å². The van der Waals surface area contributed by atoms with Crippen LogP contribution in [-0.2, 0) is 0 Å². The molecule has 2 atom stereocenters. The Labute approximate surface area is 55.8 Å². The monoisotopic (exact) mass is 130 g/mol. The van der Waals surface area contributed by atoms with Gasteiger partial charge in [0.25, 0.3) is 0 Å². The van der Waals surface area contributed by atoms with Crippen LogP contribution in [0.25, 0.3) is 0 Å². The van der Waals surface area contributed by atoms with Gasteiger partial charge in [0.15, 0.2) is 0 Å². The lowest BCUT2D eigenvalue weighted by Crippen LogP contribution is -2.35. The minimum atomic E-state index is -1.01. The molecule has 0 saturated carbocycles. The van der Waals surface area contributed by atoms with Crippen LogP contribution in [0.3, 0.4) is 0 Å². The Hall–Kier alpha value is -0.340. The summed E-state index contributed by atoms with van der Waals surface area (Å²) >= 11 is 0. The standard InChI is InChI=1S/C7H14O2/c1-4-6(2)7(3,9)5-8/h4,6,8-9H,1,5H2,2-3H3/t6-,7+/m1/s1. The first-order chi connectivity index (χ1) is 4.04. The Bertz CT molecular complexity index is 97.1. The molecule has 0 amide bonds. The van der Waals surface area contributed by atoms with Gasteiger partial charge in [-0.3, -0.25) is 0 Å². The van der Waals surface area contributed by atoms with Gasteiger partial charge in [-0.25, -0.2) is 0 Å². The normalized spacial score (nSPS) is 20.4. The predicted octanol–water partition coefficient (Wildman–Crippen LogP) is 0.552. The van der Waals surface area contributed by atoms with E-state index in [-0.39, 0.29) is 12.5 Å². The summed E-state index contributed by atoms with van der Waals surface area (Å²) in [5, 5.41) is 17.9. The highest BCUT2D eigenvalue weighted by molar-refractivity contribution is 4.89. The molecule has 2 heteroatoms. The second-order valence-corrected chi connectivity index (χ2v) is 2.54. The van der Waals surface area contributed by atoms with Gasteiger partial charge in [-0.1, -0.05) is 13.0 Å². The van der Waals surface area contributed by atoms with Gasteiger partial charge in [-0.05, 0) is 6.92 Å². The van der Waals surface area contributed by atoms with Crippen molar-refractivity contribution in [3.05, 3.63) is 12.7 Å². The van der Waals surface area contributed by atoms with Gasteiger partial charge in [0.1, 0.15) is 0 Å². The molecule has 0 aliphatic heterocycles. The average Bonchev–Trinajstić information content (AvgIpc) is 1.86. The molecule has 2 nitrogen and oxygen atoms in total. The summed E-state index contributed by atoms with van der Waals surface area (Å²) in [5.41, 5.74) is -1.01. The number of hydrogen-bond acceptors (Lipinski definition) is 2. The Kier molecular flexibility index (Phi) is 2.88.